The summed E-state index contributed by atoms with van der Waals surface area (Å²) in [7, 11) is 0. The third kappa shape index (κ3) is 4.35. The summed E-state index contributed by atoms with van der Waals surface area (Å²) in [6, 6.07) is 6.37. The molecule has 2 unspecified atom stereocenters. The van der Waals surface area contributed by atoms with Crippen LogP contribution < -0.4 is 0 Å². The van der Waals surface area contributed by atoms with E-state index in [1.807, 2.05) is 0 Å². The van der Waals surface area contributed by atoms with Gasteiger partial charge in [0.15, 0.2) is 0 Å². The molecule has 7 nitrogen and oxygen atoms in total. The second kappa shape index (κ2) is 7.93. The number of nitrogens with zero attached hydrogens (tertiary/aromatic N) is 3. The minimum absolute atomic E-state index is 0.00418. The first-order valence-electron chi connectivity index (χ1n) is 8.94. The topological polar surface area (TPSA) is 75.9 Å². The van der Waals surface area contributed by atoms with Crippen LogP contribution in [0, 0.1) is 10.1 Å². The van der Waals surface area contributed by atoms with E-state index in [4.69, 9.17) is 4.74 Å². The van der Waals surface area contributed by atoms with Crippen LogP contribution in [-0.2, 0) is 4.74 Å². The fraction of sp³-hybridized carbons (Fsp3) is 0.611. The number of rotatable bonds is 4. The van der Waals surface area contributed by atoms with Gasteiger partial charge >= 0.3 is 0 Å². The van der Waals surface area contributed by atoms with Crippen LogP contribution in [0.1, 0.15) is 36.5 Å². The Hall–Kier alpha value is -1.99. The van der Waals surface area contributed by atoms with E-state index < -0.39 is 4.92 Å². The molecule has 1 amide bonds. The summed E-state index contributed by atoms with van der Waals surface area (Å²) < 4.78 is 5.87. The van der Waals surface area contributed by atoms with E-state index in [9.17, 15) is 14.9 Å². The number of hydrogen-bond acceptors (Lipinski definition) is 5. The maximum Gasteiger partial charge on any atom is 0.269 e. The third-order valence-electron chi connectivity index (χ3n) is 5.13. The zero-order valence-electron chi connectivity index (χ0n) is 14.6. The summed E-state index contributed by atoms with van der Waals surface area (Å²) in [6.07, 6.45) is 3.76. The number of amides is 1. The molecule has 0 aliphatic carbocycles. The number of non-ortho nitro benzene ring substituents is 1. The van der Waals surface area contributed by atoms with E-state index in [0.717, 1.165) is 13.1 Å². The van der Waals surface area contributed by atoms with Gasteiger partial charge < -0.3 is 9.64 Å². The Morgan fingerprint density at radius 2 is 2.04 bits per heavy atom. The number of benzene rings is 1. The molecule has 3 rings (SSSR count). The van der Waals surface area contributed by atoms with Crippen molar-refractivity contribution in [3.63, 3.8) is 0 Å². The minimum Gasteiger partial charge on any atom is -0.373 e. The lowest BCUT2D eigenvalue weighted by Gasteiger charge is -2.39. The van der Waals surface area contributed by atoms with Gasteiger partial charge in [-0.2, -0.15) is 0 Å². The lowest BCUT2D eigenvalue weighted by molar-refractivity contribution is -0.384. The van der Waals surface area contributed by atoms with E-state index in [2.05, 4.69) is 11.8 Å². The number of nitro groups is 1. The molecule has 7 heteroatoms. The van der Waals surface area contributed by atoms with Crippen LogP contribution in [0.4, 0.5) is 5.69 Å². The van der Waals surface area contributed by atoms with Crippen molar-refractivity contribution in [2.24, 2.45) is 0 Å². The zero-order chi connectivity index (χ0) is 17.8. The van der Waals surface area contributed by atoms with Crippen LogP contribution in [0.3, 0.4) is 0 Å². The van der Waals surface area contributed by atoms with Gasteiger partial charge in [0.25, 0.3) is 11.6 Å². The van der Waals surface area contributed by atoms with Crippen LogP contribution in [0.5, 0.6) is 0 Å². The van der Waals surface area contributed by atoms with E-state index in [0.29, 0.717) is 31.3 Å². The average molecular weight is 347 g/mol. The molecule has 0 spiro atoms. The van der Waals surface area contributed by atoms with Crippen LogP contribution in [0.25, 0.3) is 0 Å². The second-order valence-corrected chi connectivity index (χ2v) is 6.89. The molecule has 1 aromatic carbocycles. The molecule has 0 aromatic heterocycles. The number of piperidine rings is 1. The van der Waals surface area contributed by atoms with Crippen LogP contribution in [0.15, 0.2) is 24.3 Å². The van der Waals surface area contributed by atoms with Gasteiger partial charge in [0.1, 0.15) is 0 Å². The molecule has 0 saturated carbocycles. The Labute approximate surface area is 147 Å². The highest BCUT2D eigenvalue weighted by Crippen LogP contribution is 2.19. The smallest absolute Gasteiger partial charge is 0.269 e. The molecule has 0 N–H and O–H groups in total. The Kier molecular flexibility index (Phi) is 5.65. The number of ether oxygens (including phenoxy) is 1. The Balaban J connectivity index is 1.60. The molecule has 25 heavy (non-hydrogen) atoms. The summed E-state index contributed by atoms with van der Waals surface area (Å²) in [5, 5.41) is 10.7. The van der Waals surface area contributed by atoms with Crippen molar-refractivity contribution >= 4 is 11.6 Å². The summed E-state index contributed by atoms with van der Waals surface area (Å²) in [5.41, 5.74) is 0.480. The van der Waals surface area contributed by atoms with Gasteiger partial charge in [-0.3, -0.25) is 19.8 Å². The number of likely N-dealkylation sites (tertiary alicyclic amines) is 1. The summed E-state index contributed by atoms with van der Waals surface area (Å²) >= 11 is 0. The van der Waals surface area contributed by atoms with Crippen molar-refractivity contribution in [1.82, 2.24) is 9.80 Å². The minimum atomic E-state index is -0.460. The molecule has 0 bridgehead atoms. The van der Waals surface area contributed by atoms with E-state index in [1.54, 1.807) is 4.90 Å². The first-order valence-corrected chi connectivity index (χ1v) is 8.94. The number of carbonyl (C=O) groups is 1. The Bertz CT molecular complexity index is 619. The SMILES string of the molecule is CC1CCCCN1CC1CN(C(=O)c2ccc([N+](=O)[O-])cc2)CCO1. The van der Waals surface area contributed by atoms with Crippen LogP contribution in [-0.4, -0.2) is 65.6 Å². The quantitative estimate of drug-likeness (QED) is 0.617. The Morgan fingerprint density at radius 3 is 2.72 bits per heavy atom. The lowest BCUT2D eigenvalue weighted by Crippen LogP contribution is -2.51. The first kappa shape index (κ1) is 17.8. The standard InChI is InChI=1S/C18H25N3O4/c1-14-4-2-3-9-19(14)12-17-13-20(10-11-25-17)18(22)15-5-7-16(8-6-15)21(23)24/h5-8,14,17H,2-4,9-13H2,1H3. The monoisotopic (exact) mass is 347 g/mol. The van der Waals surface area contributed by atoms with Crippen LogP contribution in [0.2, 0.25) is 0 Å². The van der Waals surface area contributed by atoms with Gasteiger partial charge in [-0.15, -0.1) is 0 Å². The molecule has 1 aromatic rings. The molecule has 2 saturated heterocycles. The van der Waals surface area contributed by atoms with Crippen molar-refractivity contribution in [3.8, 4) is 0 Å². The van der Waals surface area contributed by atoms with E-state index >= 15 is 0 Å². The average Bonchev–Trinajstić information content (AvgIpc) is 2.63. The van der Waals surface area contributed by atoms with Gasteiger partial charge in [0.2, 0.25) is 0 Å². The maximum atomic E-state index is 12.7. The maximum absolute atomic E-state index is 12.7. The molecule has 136 valence electrons. The second-order valence-electron chi connectivity index (χ2n) is 6.89. The largest absolute Gasteiger partial charge is 0.373 e. The van der Waals surface area contributed by atoms with Crippen LogP contribution >= 0.6 is 0 Å². The predicted octanol–water partition coefficient (Wildman–Crippen LogP) is 2.31. The van der Waals surface area contributed by atoms with Crippen molar-refractivity contribution < 1.29 is 14.5 Å². The van der Waals surface area contributed by atoms with Gasteiger partial charge in [0.05, 0.1) is 17.6 Å². The molecular formula is C18H25N3O4. The molecule has 0 radical (unpaired) electrons. The van der Waals surface area contributed by atoms with Gasteiger partial charge in [0, 0.05) is 43.4 Å². The summed E-state index contributed by atoms with van der Waals surface area (Å²) in [4.78, 5) is 27.2. The first-order chi connectivity index (χ1) is 12.0. The third-order valence-corrected chi connectivity index (χ3v) is 5.13. The number of hydrogen-bond donors (Lipinski definition) is 0. The summed E-state index contributed by atoms with van der Waals surface area (Å²) in [5.74, 6) is -0.0881. The molecular weight excluding hydrogens is 322 g/mol. The van der Waals surface area contributed by atoms with Crippen molar-refractivity contribution in [2.45, 2.75) is 38.3 Å². The van der Waals surface area contributed by atoms with E-state index in [1.165, 1.54) is 43.5 Å². The lowest BCUT2D eigenvalue weighted by atomic mass is 10.0. The highest BCUT2D eigenvalue weighted by molar-refractivity contribution is 5.94. The fourth-order valence-corrected chi connectivity index (χ4v) is 3.61. The molecule has 2 fully saturated rings. The van der Waals surface area contributed by atoms with Crippen molar-refractivity contribution in [3.05, 3.63) is 39.9 Å². The van der Waals surface area contributed by atoms with E-state index in [-0.39, 0.29) is 17.7 Å². The highest BCUT2D eigenvalue weighted by atomic mass is 16.6. The highest BCUT2D eigenvalue weighted by Gasteiger charge is 2.28. The Morgan fingerprint density at radius 1 is 1.28 bits per heavy atom. The predicted molar refractivity (Wildman–Crippen MR) is 93.6 cm³/mol. The van der Waals surface area contributed by atoms with Gasteiger partial charge in [-0.25, -0.2) is 0 Å². The molecule has 2 heterocycles. The number of morpholine rings is 1. The summed E-state index contributed by atoms with van der Waals surface area (Å²) in [6.45, 7) is 5.86. The number of nitro benzene ring substituents is 1. The van der Waals surface area contributed by atoms with Crippen molar-refractivity contribution in [1.29, 1.82) is 0 Å². The zero-order valence-corrected chi connectivity index (χ0v) is 14.6. The normalized spacial score (nSPS) is 24.9. The number of carbonyl (C=O) groups excluding carboxylic acids is 1. The molecule has 2 aliphatic rings. The van der Waals surface area contributed by atoms with Gasteiger partial charge in [-0.1, -0.05) is 6.42 Å². The molecule has 2 atom stereocenters. The molecule has 2 aliphatic heterocycles. The van der Waals surface area contributed by atoms with Gasteiger partial charge in [-0.05, 0) is 38.4 Å². The fourth-order valence-electron chi connectivity index (χ4n) is 3.61. The van der Waals surface area contributed by atoms with Crippen molar-refractivity contribution in [2.75, 3.05) is 32.8 Å².